The van der Waals surface area contributed by atoms with Crippen molar-refractivity contribution in [1.82, 2.24) is 0 Å². The van der Waals surface area contributed by atoms with E-state index in [0.29, 0.717) is 6.08 Å². The van der Waals surface area contributed by atoms with Crippen molar-refractivity contribution in [3.05, 3.63) is 37.5 Å². The molecule has 0 aliphatic rings. The number of esters is 1. The molecule has 0 aliphatic heterocycles. The van der Waals surface area contributed by atoms with E-state index in [4.69, 9.17) is 10.2 Å². The Morgan fingerprint density at radius 1 is 1.18 bits per heavy atom. The number of rotatable bonds is 4. The van der Waals surface area contributed by atoms with E-state index < -0.39 is 11.9 Å². The van der Waals surface area contributed by atoms with Crippen molar-refractivity contribution in [3.63, 3.8) is 0 Å². The molecule has 5 nitrogen and oxygen atoms in total. The molecule has 5 heteroatoms. The summed E-state index contributed by atoms with van der Waals surface area (Å²) in [7, 11) is 0. The molecule has 98 valence electrons. The first-order valence-electron chi connectivity index (χ1n) is 4.82. The van der Waals surface area contributed by atoms with Gasteiger partial charge in [-0.3, -0.25) is 0 Å². The van der Waals surface area contributed by atoms with E-state index in [1.54, 1.807) is 12.2 Å². The predicted octanol–water partition coefficient (Wildman–Crippen LogP) is 1.55. The topological polar surface area (TPSA) is 83.8 Å². The normalized spacial score (nSPS) is 7.94. The first-order chi connectivity index (χ1) is 7.99. The number of hydrogen-bond donors (Lipinski definition) is 2. The fourth-order valence-electron chi connectivity index (χ4n) is 0.334. The quantitative estimate of drug-likeness (QED) is 0.445. The Morgan fingerprint density at radius 3 is 1.88 bits per heavy atom. The Kier molecular flexibility index (Phi) is 23.7. The zero-order chi connectivity index (χ0) is 14.1. The molecule has 0 bridgehead atoms. The van der Waals surface area contributed by atoms with Gasteiger partial charge in [-0.1, -0.05) is 12.2 Å². The van der Waals surface area contributed by atoms with Crippen molar-refractivity contribution in [3.8, 4) is 0 Å². The minimum Gasteiger partial charge on any atom is -0.478 e. The largest absolute Gasteiger partial charge is 0.478 e. The summed E-state index contributed by atoms with van der Waals surface area (Å²) < 4.78 is 4.30. The Hall–Kier alpha value is -1.88. The molecule has 0 spiro atoms. The summed E-state index contributed by atoms with van der Waals surface area (Å²) >= 11 is 0. The third-order valence-electron chi connectivity index (χ3n) is 0.698. The highest BCUT2D eigenvalue weighted by Crippen LogP contribution is 1.80. The molecule has 0 atom stereocenters. The molecule has 2 N–H and O–H groups in total. The van der Waals surface area contributed by atoms with Gasteiger partial charge < -0.3 is 14.9 Å². The number of aliphatic hydroxyl groups is 1. The molecule has 0 fully saturated rings. The number of aliphatic hydroxyl groups excluding tert-OH is 1. The molecular weight excluding hydrogens is 224 g/mol. The van der Waals surface area contributed by atoms with Crippen molar-refractivity contribution < 1.29 is 24.5 Å². The molecule has 0 aliphatic carbocycles. The van der Waals surface area contributed by atoms with Crippen LogP contribution < -0.4 is 0 Å². The highest BCUT2D eigenvalue weighted by Gasteiger charge is 1.95. The molecule has 17 heavy (non-hydrogen) atoms. The van der Waals surface area contributed by atoms with Crippen LogP contribution in [0.1, 0.15) is 13.8 Å². The van der Waals surface area contributed by atoms with Gasteiger partial charge in [-0.05, 0) is 13.8 Å². The number of allylic oxidation sites excluding steroid dienone is 2. The summed E-state index contributed by atoms with van der Waals surface area (Å²) in [5, 5.41) is 16.2. The summed E-state index contributed by atoms with van der Waals surface area (Å²) in [6, 6.07) is 0. The zero-order valence-corrected chi connectivity index (χ0v) is 10.3. The SMILES string of the molecule is C=CC.C=CC.O=C(O)/C=C\C(=O)OCCO. The monoisotopic (exact) mass is 244 g/mol. The van der Waals surface area contributed by atoms with Crippen LogP contribution in [-0.2, 0) is 14.3 Å². The average molecular weight is 244 g/mol. The lowest BCUT2D eigenvalue weighted by atomic mass is 10.5. The first-order valence-corrected chi connectivity index (χ1v) is 4.82. The lowest BCUT2D eigenvalue weighted by Crippen LogP contribution is -2.05. The second kappa shape index (κ2) is 19.7. The van der Waals surface area contributed by atoms with Crippen LogP contribution in [0, 0.1) is 0 Å². The van der Waals surface area contributed by atoms with Crippen molar-refractivity contribution in [2.75, 3.05) is 13.2 Å². The fraction of sp³-hybridized carbons (Fsp3) is 0.333. The lowest BCUT2D eigenvalue weighted by molar-refractivity contribution is -0.139. The van der Waals surface area contributed by atoms with Gasteiger partial charge in [0.05, 0.1) is 6.61 Å². The highest BCUT2D eigenvalue weighted by atomic mass is 16.5. The van der Waals surface area contributed by atoms with Crippen LogP contribution in [0.4, 0.5) is 0 Å². The van der Waals surface area contributed by atoms with Gasteiger partial charge in [0.15, 0.2) is 0 Å². The average Bonchev–Trinajstić information content (AvgIpc) is 2.25. The maximum Gasteiger partial charge on any atom is 0.331 e. The standard InChI is InChI=1S/C6H8O5.2C3H6/c7-3-4-11-6(10)2-1-5(8)9;2*1-3-2/h1-2,7H,3-4H2,(H,8,9);2*3H,1H2,2H3/b2-1-;;. The van der Waals surface area contributed by atoms with Crippen molar-refractivity contribution in [1.29, 1.82) is 0 Å². The van der Waals surface area contributed by atoms with Gasteiger partial charge in [0.25, 0.3) is 0 Å². The number of carboxylic acids is 1. The molecule has 0 radical (unpaired) electrons. The number of ether oxygens (including phenoxy) is 1. The molecule has 0 aromatic carbocycles. The Labute approximate surface area is 102 Å². The second-order valence-corrected chi connectivity index (χ2v) is 2.38. The van der Waals surface area contributed by atoms with Gasteiger partial charge >= 0.3 is 11.9 Å². The minimum absolute atomic E-state index is 0.122. The van der Waals surface area contributed by atoms with Crippen LogP contribution in [0.25, 0.3) is 0 Å². The van der Waals surface area contributed by atoms with E-state index in [1.165, 1.54) is 0 Å². The number of aliphatic carboxylic acids is 1. The molecule has 0 unspecified atom stereocenters. The van der Waals surface area contributed by atoms with Crippen LogP contribution in [0.3, 0.4) is 0 Å². The summed E-state index contributed by atoms with van der Waals surface area (Å²) in [6.07, 6.45) is 4.94. The molecular formula is C12H20O5. The van der Waals surface area contributed by atoms with Gasteiger partial charge in [0.1, 0.15) is 6.61 Å². The second-order valence-electron chi connectivity index (χ2n) is 2.38. The van der Waals surface area contributed by atoms with Gasteiger partial charge in [0.2, 0.25) is 0 Å². The fourth-order valence-corrected chi connectivity index (χ4v) is 0.334. The van der Waals surface area contributed by atoms with Crippen LogP contribution in [0.5, 0.6) is 0 Å². The highest BCUT2D eigenvalue weighted by molar-refractivity contribution is 5.90. The molecule has 0 aromatic rings. The summed E-state index contributed by atoms with van der Waals surface area (Å²) in [4.78, 5) is 20.3. The third-order valence-corrected chi connectivity index (χ3v) is 0.698. The van der Waals surface area contributed by atoms with Crippen molar-refractivity contribution in [2.45, 2.75) is 13.8 Å². The molecule has 0 heterocycles. The molecule has 0 amide bonds. The zero-order valence-electron chi connectivity index (χ0n) is 10.3. The number of carbonyl (C=O) groups is 2. The number of hydrogen-bond acceptors (Lipinski definition) is 4. The van der Waals surface area contributed by atoms with E-state index >= 15 is 0 Å². The Balaban J connectivity index is -0.000000273. The molecule has 0 aromatic heterocycles. The Bertz CT molecular complexity index is 237. The third kappa shape index (κ3) is 40.9. The van der Waals surface area contributed by atoms with Crippen LogP contribution >= 0.6 is 0 Å². The van der Waals surface area contributed by atoms with Crippen LogP contribution in [0.2, 0.25) is 0 Å². The number of carbonyl (C=O) groups excluding carboxylic acids is 1. The Morgan fingerprint density at radius 2 is 1.59 bits per heavy atom. The maximum absolute atomic E-state index is 10.4. The summed E-state index contributed by atoms with van der Waals surface area (Å²) in [5.74, 6) is -1.99. The molecule has 0 saturated heterocycles. The van der Waals surface area contributed by atoms with E-state index in [2.05, 4.69) is 17.9 Å². The molecule has 0 rings (SSSR count). The van der Waals surface area contributed by atoms with Gasteiger partial charge in [-0.25, -0.2) is 9.59 Å². The van der Waals surface area contributed by atoms with E-state index in [-0.39, 0.29) is 13.2 Å². The molecule has 0 saturated carbocycles. The van der Waals surface area contributed by atoms with E-state index in [9.17, 15) is 9.59 Å². The van der Waals surface area contributed by atoms with E-state index in [1.807, 2.05) is 13.8 Å². The van der Waals surface area contributed by atoms with Crippen LogP contribution in [0.15, 0.2) is 37.5 Å². The summed E-state index contributed by atoms with van der Waals surface area (Å²) in [5.41, 5.74) is 0. The maximum atomic E-state index is 10.4. The smallest absolute Gasteiger partial charge is 0.331 e. The van der Waals surface area contributed by atoms with Crippen molar-refractivity contribution in [2.24, 2.45) is 0 Å². The lowest BCUT2D eigenvalue weighted by Gasteiger charge is -1.95. The number of carboxylic acid groups (broad SMARTS) is 1. The first kappa shape index (κ1) is 20.5. The predicted molar refractivity (Wildman–Crippen MR) is 66.6 cm³/mol. The van der Waals surface area contributed by atoms with Crippen molar-refractivity contribution >= 4 is 11.9 Å². The van der Waals surface area contributed by atoms with Gasteiger partial charge in [-0.2, -0.15) is 0 Å². The van der Waals surface area contributed by atoms with Gasteiger partial charge in [0, 0.05) is 12.2 Å². The summed E-state index contributed by atoms with van der Waals surface area (Å²) in [6.45, 7) is 10.1. The van der Waals surface area contributed by atoms with Gasteiger partial charge in [-0.15, -0.1) is 13.2 Å². The minimum atomic E-state index is -1.22. The van der Waals surface area contributed by atoms with E-state index in [0.717, 1.165) is 6.08 Å². The van der Waals surface area contributed by atoms with Crippen LogP contribution in [-0.4, -0.2) is 35.4 Å².